The predicted octanol–water partition coefficient (Wildman–Crippen LogP) is 3.82. The zero-order valence-corrected chi connectivity index (χ0v) is 13.8. The standard InChI is InChI=1S/C19H14O5S/c20-19(21)16-7-4-8-18(13-16)25(22,23)24-17-11-9-15(10-12-17)14-5-2-1-3-6-14/h1-13H,(H,20,21). The van der Waals surface area contributed by atoms with Crippen LogP contribution in [0.2, 0.25) is 0 Å². The number of rotatable bonds is 5. The van der Waals surface area contributed by atoms with Gasteiger partial charge in [-0.2, -0.15) is 8.42 Å². The van der Waals surface area contributed by atoms with Crippen LogP contribution >= 0.6 is 0 Å². The minimum atomic E-state index is -4.11. The third kappa shape index (κ3) is 3.87. The molecule has 1 N–H and O–H groups in total. The van der Waals surface area contributed by atoms with E-state index in [1.165, 1.54) is 18.2 Å². The van der Waals surface area contributed by atoms with E-state index in [1.54, 1.807) is 24.3 Å². The molecule has 3 aromatic rings. The Morgan fingerprint density at radius 3 is 2.08 bits per heavy atom. The fraction of sp³-hybridized carbons (Fsp3) is 0. The zero-order valence-electron chi connectivity index (χ0n) is 13.0. The minimum Gasteiger partial charge on any atom is -0.478 e. The molecule has 0 atom stereocenters. The Labute approximate surface area is 145 Å². The zero-order chi connectivity index (χ0) is 17.9. The Hall–Kier alpha value is -3.12. The molecule has 126 valence electrons. The van der Waals surface area contributed by atoms with Crippen LogP contribution in [-0.4, -0.2) is 19.5 Å². The first-order valence-electron chi connectivity index (χ1n) is 7.39. The molecule has 6 heteroatoms. The van der Waals surface area contributed by atoms with Crippen molar-refractivity contribution < 1.29 is 22.5 Å². The molecule has 0 saturated heterocycles. The van der Waals surface area contributed by atoms with E-state index in [4.69, 9.17) is 9.29 Å². The lowest BCUT2D eigenvalue weighted by atomic mass is 10.1. The third-order valence-electron chi connectivity index (χ3n) is 3.54. The normalized spacial score (nSPS) is 11.0. The summed E-state index contributed by atoms with van der Waals surface area (Å²) in [5.74, 6) is -1.05. The van der Waals surface area contributed by atoms with Crippen LogP contribution in [0.15, 0.2) is 83.8 Å². The maximum atomic E-state index is 12.3. The molecule has 3 aromatic carbocycles. The van der Waals surface area contributed by atoms with E-state index in [0.29, 0.717) is 0 Å². The second-order valence-corrected chi connectivity index (χ2v) is 6.81. The molecule has 0 spiro atoms. The van der Waals surface area contributed by atoms with E-state index in [-0.39, 0.29) is 16.2 Å². The fourth-order valence-electron chi connectivity index (χ4n) is 2.29. The highest BCUT2D eigenvalue weighted by Gasteiger charge is 2.18. The van der Waals surface area contributed by atoms with Gasteiger partial charge >= 0.3 is 16.1 Å². The first-order chi connectivity index (χ1) is 12.0. The van der Waals surface area contributed by atoms with Gasteiger partial charge in [0.1, 0.15) is 10.6 Å². The van der Waals surface area contributed by atoms with Crippen LogP contribution in [0.4, 0.5) is 0 Å². The Morgan fingerprint density at radius 2 is 1.44 bits per heavy atom. The molecular weight excluding hydrogens is 340 g/mol. The number of carboxylic acid groups (broad SMARTS) is 1. The van der Waals surface area contributed by atoms with Crippen molar-refractivity contribution in [2.24, 2.45) is 0 Å². The summed E-state index contributed by atoms with van der Waals surface area (Å²) >= 11 is 0. The molecule has 0 amide bonds. The third-order valence-corrected chi connectivity index (χ3v) is 4.78. The number of benzene rings is 3. The number of carboxylic acids is 1. The number of carbonyl (C=O) groups is 1. The van der Waals surface area contributed by atoms with Gasteiger partial charge in [0.2, 0.25) is 0 Å². The molecular formula is C19H14O5S. The second kappa shape index (κ2) is 6.78. The maximum Gasteiger partial charge on any atom is 0.339 e. The molecule has 0 aliphatic carbocycles. The quantitative estimate of drug-likeness (QED) is 0.705. The van der Waals surface area contributed by atoms with Gasteiger partial charge < -0.3 is 9.29 Å². The molecule has 0 radical (unpaired) electrons. The molecule has 0 bridgehead atoms. The molecule has 0 saturated carbocycles. The van der Waals surface area contributed by atoms with Gasteiger partial charge in [-0.1, -0.05) is 48.5 Å². The van der Waals surface area contributed by atoms with Crippen LogP contribution in [0.3, 0.4) is 0 Å². The molecule has 3 rings (SSSR count). The lowest BCUT2D eigenvalue weighted by Gasteiger charge is -2.08. The van der Waals surface area contributed by atoms with Crippen molar-refractivity contribution in [3.63, 3.8) is 0 Å². The first kappa shape index (κ1) is 16.7. The average Bonchev–Trinajstić information content (AvgIpc) is 2.63. The summed E-state index contributed by atoms with van der Waals surface area (Å²) in [5, 5.41) is 8.97. The van der Waals surface area contributed by atoms with Crippen LogP contribution in [-0.2, 0) is 10.1 Å². The Balaban J connectivity index is 1.84. The second-order valence-electron chi connectivity index (χ2n) is 5.26. The topological polar surface area (TPSA) is 80.7 Å². The molecule has 25 heavy (non-hydrogen) atoms. The van der Waals surface area contributed by atoms with Crippen molar-refractivity contribution in [2.45, 2.75) is 4.90 Å². The van der Waals surface area contributed by atoms with Crippen LogP contribution < -0.4 is 4.18 Å². The Morgan fingerprint density at radius 1 is 0.800 bits per heavy atom. The highest BCUT2D eigenvalue weighted by atomic mass is 32.2. The Kier molecular flexibility index (Phi) is 4.54. The van der Waals surface area contributed by atoms with E-state index >= 15 is 0 Å². The van der Waals surface area contributed by atoms with Gasteiger partial charge in [-0.3, -0.25) is 0 Å². The summed E-state index contributed by atoms with van der Waals surface area (Å²) in [6.07, 6.45) is 0. The highest BCUT2D eigenvalue weighted by Crippen LogP contribution is 2.24. The molecule has 0 aliphatic rings. The summed E-state index contributed by atoms with van der Waals surface area (Å²) in [5.41, 5.74) is 1.81. The van der Waals surface area contributed by atoms with Crippen molar-refractivity contribution >= 4 is 16.1 Å². The molecule has 0 aliphatic heterocycles. The predicted molar refractivity (Wildman–Crippen MR) is 93.1 cm³/mol. The van der Waals surface area contributed by atoms with Gasteiger partial charge in [-0.05, 0) is 41.5 Å². The SMILES string of the molecule is O=C(O)c1cccc(S(=O)(=O)Oc2ccc(-c3ccccc3)cc2)c1. The van der Waals surface area contributed by atoms with Crippen LogP contribution in [0, 0.1) is 0 Å². The van der Waals surface area contributed by atoms with E-state index in [0.717, 1.165) is 17.2 Å². The van der Waals surface area contributed by atoms with Gasteiger partial charge in [-0.15, -0.1) is 0 Å². The van der Waals surface area contributed by atoms with E-state index in [9.17, 15) is 13.2 Å². The van der Waals surface area contributed by atoms with Gasteiger partial charge in [0.25, 0.3) is 0 Å². The van der Waals surface area contributed by atoms with Crippen LogP contribution in [0.1, 0.15) is 10.4 Å². The van der Waals surface area contributed by atoms with Crippen molar-refractivity contribution in [1.29, 1.82) is 0 Å². The van der Waals surface area contributed by atoms with Crippen LogP contribution in [0.5, 0.6) is 5.75 Å². The lowest BCUT2D eigenvalue weighted by Crippen LogP contribution is -2.10. The minimum absolute atomic E-state index is 0.121. The summed E-state index contributed by atoms with van der Waals surface area (Å²) in [6.45, 7) is 0. The smallest absolute Gasteiger partial charge is 0.339 e. The number of aromatic carboxylic acids is 1. The first-order valence-corrected chi connectivity index (χ1v) is 8.80. The van der Waals surface area contributed by atoms with E-state index < -0.39 is 16.1 Å². The average molecular weight is 354 g/mol. The highest BCUT2D eigenvalue weighted by molar-refractivity contribution is 7.87. The largest absolute Gasteiger partial charge is 0.478 e. The fourth-order valence-corrected chi connectivity index (χ4v) is 3.27. The van der Waals surface area contributed by atoms with Gasteiger partial charge in [0.15, 0.2) is 0 Å². The number of hydrogen-bond acceptors (Lipinski definition) is 4. The maximum absolute atomic E-state index is 12.3. The van der Waals surface area contributed by atoms with Crippen LogP contribution in [0.25, 0.3) is 11.1 Å². The van der Waals surface area contributed by atoms with Crippen molar-refractivity contribution in [1.82, 2.24) is 0 Å². The molecule has 5 nitrogen and oxygen atoms in total. The van der Waals surface area contributed by atoms with Crippen molar-refractivity contribution in [2.75, 3.05) is 0 Å². The van der Waals surface area contributed by atoms with Crippen molar-refractivity contribution in [3.8, 4) is 16.9 Å². The summed E-state index contributed by atoms with van der Waals surface area (Å²) in [7, 11) is -4.11. The molecule has 0 heterocycles. The number of hydrogen-bond donors (Lipinski definition) is 1. The molecule has 0 aromatic heterocycles. The molecule has 0 fully saturated rings. The van der Waals surface area contributed by atoms with Gasteiger partial charge in [0, 0.05) is 0 Å². The summed E-state index contributed by atoms with van der Waals surface area (Å²) in [6, 6.07) is 21.3. The van der Waals surface area contributed by atoms with Crippen molar-refractivity contribution in [3.05, 3.63) is 84.4 Å². The van der Waals surface area contributed by atoms with Gasteiger partial charge in [0.05, 0.1) is 5.56 Å². The van der Waals surface area contributed by atoms with E-state index in [2.05, 4.69) is 0 Å². The van der Waals surface area contributed by atoms with Gasteiger partial charge in [-0.25, -0.2) is 4.79 Å². The Bertz CT molecular complexity index is 993. The molecule has 0 unspecified atom stereocenters. The summed E-state index contributed by atoms with van der Waals surface area (Å²) in [4.78, 5) is 10.8. The monoisotopic (exact) mass is 354 g/mol. The van der Waals surface area contributed by atoms with E-state index in [1.807, 2.05) is 30.3 Å². The lowest BCUT2D eigenvalue weighted by molar-refractivity contribution is 0.0696. The summed E-state index contributed by atoms with van der Waals surface area (Å²) < 4.78 is 29.7.